The van der Waals surface area contributed by atoms with E-state index < -0.39 is 0 Å². The SMILES string of the molecule is Cc1c(-c2ccc(C3=NCC(C)N3)cc2)oc(-c2ccc(C3=NCC(C)N3)cc2)c1C. The van der Waals surface area contributed by atoms with Gasteiger partial charge in [-0.3, -0.25) is 9.98 Å². The van der Waals surface area contributed by atoms with Crippen LogP contribution in [0.25, 0.3) is 22.6 Å². The molecule has 0 saturated heterocycles. The van der Waals surface area contributed by atoms with Crippen molar-refractivity contribution in [2.75, 3.05) is 13.1 Å². The molecule has 0 spiro atoms. The van der Waals surface area contributed by atoms with Gasteiger partial charge in [-0.25, -0.2) is 0 Å². The first-order valence-electron chi connectivity index (χ1n) is 10.9. The average molecular weight is 413 g/mol. The Hall–Kier alpha value is -3.34. The first kappa shape index (κ1) is 19.6. The number of nitrogens with zero attached hydrogens (tertiary/aromatic N) is 2. The van der Waals surface area contributed by atoms with Gasteiger partial charge in [-0.2, -0.15) is 0 Å². The van der Waals surface area contributed by atoms with Crippen molar-refractivity contribution in [2.24, 2.45) is 9.98 Å². The van der Waals surface area contributed by atoms with Crippen LogP contribution in [0.1, 0.15) is 36.1 Å². The lowest BCUT2D eigenvalue weighted by Crippen LogP contribution is -2.27. The highest BCUT2D eigenvalue weighted by Crippen LogP contribution is 2.36. The summed E-state index contributed by atoms with van der Waals surface area (Å²) in [6.45, 7) is 10.2. The van der Waals surface area contributed by atoms with E-state index in [1.807, 2.05) is 0 Å². The van der Waals surface area contributed by atoms with Crippen molar-refractivity contribution in [2.45, 2.75) is 39.8 Å². The minimum absolute atomic E-state index is 0.401. The van der Waals surface area contributed by atoms with E-state index in [0.717, 1.165) is 58.5 Å². The summed E-state index contributed by atoms with van der Waals surface area (Å²) in [4.78, 5) is 9.15. The summed E-state index contributed by atoms with van der Waals surface area (Å²) in [5.41, 5.74) is 6.74. The molecule has 0 saturated carbocycles. The van der Waals surface area contributed by atoms with E-state index in [9.17, 15) is 0 Å². The largest absolute Gasteiger partial charge is 0.456 e. The Labute approximate surface area is 183 Å². The normalized spacial score (nSPS) is 20.3. The lowest BCUT2D eigenvalue weighted by molar-refractivity contribution is 0.594. The van der Waals surface area contributed by atoms with Crippen LogP contribution in [0, 0.1) is 13.8 Å². The monoisotopic (exact) mass is 412 g/mol. The van der Waals surface area contributed by atoms with Crippen molar-refractivity contribution in [1.29, 1.82) is 0 Å². The maximum Gasteiger partial charge on any atom is 0.137 e. The van der Waals surface area contributed by atoms with Gasteiger partial charge < -0.3 is 15.1 Å². The highest BCUT2D eigenvalue weighted by Gasteiger charge is 2.19. The van der Waals surface area contributed by atoms with Gasteiger partial charge >= 0.3 is 0 Å². The summed E-state index contributed by atoms with van der Waals surface area (Å²) >= 11 is 0. The molecule has 0 bridgehead atoms. The Morgan fingerprint density at radius 1 is 0.645 bits per heavy atom. The van der Waals surface area contributed by atoms with Crippen molar-refractivity contribution >= 4 is 11.7 Å². The molecule has 31 heavy (non-hydrogen) atoms. The lowest BCUT2D eigenvalue weighted by Gasteiger charge is -2.07. The summed E-state index contributed by atoms with van der Waals surface area (Å²) < 4.78 is 6.39. The van der Waals surface area contributed by atoms with Crippen LogP contribution in [0.4, 0.5) is 0 Å². The molecule has 2 N–H and O–H groups in total. The van der Waals surface area contributed by atoms with Crippen LogP contribution in [-0.2, 0) is 0 Å². The molecule has 0 amide bonds. The minimum Gasteiger partial charge on any atom is -0.456 e. The van der Waals surface area contributed by atoms with E-state index in [1.165, 1.54) is 11.1 Å². The van der Waals surface area contributed by atoms with Gasteiger partial charge in [0.25, 0.3) is 0 Å². The molecule has 2 aromatic carbocycles. The highest BCUT2D eigenvalue weighted by molar-refractivity contribution is 6.01. The molecule has 1 aromatic heterocycles. The lowest BCUT2D eigenvalue weighted by atomic mass is 10.0. The summed E-state index contributed by atoms with van der Waals surface area (Å²) in [7, 11) is 0. The van der Waals surface area contributed by atoms with E-state index in [-0.39, 0.29) is 0 Å². The first-order chi connectivity index (χ1) is 15.0. The average Bonchev–Trinajstić information content (AvgIpc) is 3.49. The summed E-state index contributed by atoms with van der Waals surface area (Å²) in [6, 6.07) is 17.7. The van der Waals surface area contributed by atoms with Crippen LogP contribution in [0.15, 0.2) is 62.9 Å². The molecule has 3 heterocycles. The van der Waals surface area contributed by atoms with Gasteiger partial charge in [0, 0.05) is 34.3 Å². The number of hydrogen-bond acceptors (Lipinski definition) is 5. The van der Waals surface area contributed by atoms with Gasteiger partial charge in [0.05, 0.1) is 13.1 Å². The van der Waals surface area contributed by atoms with Gasteiger partial charge in [-0.15, -0.1) is 0 Å². The number of benzene rings is 2. The molecule has 0 aliphatic carbocycles. The second-order valence-electron chi connectivity index (χ2n) is 8.63. The molecule has 2 aliphatic rings. The zero-order valence-corrected chi connectivity index (χ0v) is 18.5. The molecule has 3 aromatic rings. The molecule has 2 aliphatic heterocycles. The molecular weight excluding hydrogens is 384 g/mol. The third-order valence-corrected chi connectivity index (χ3v) is 6.10. The third kappa shape index (κ3) is 3.65. The molecule has 5 nitrogen and oxygen atoms in total. The predicted octanol–water partition coefficient (Wildman–Crippen LogP) is 4.71. The standard InChI is InChI=1S/C26H28N4O/c1-15-13-27-25(29-15)21-9-5-19(6-10-21)23-17(3)18(4)24(31-23)20-7-11-22(12-8-20)26-28-14-16(2)30-26/h5-12,15-16H,13-14H2,1-4H3,(H,27,29)(H,28,30). The maximum absolute atomic E-state index is 6.39. The number of aliphatic imine (C=N–C) groups is 2. The summed E-state index contributed by atoms with van der Waals surface area (Å²) in [6.07, 6.45) is 0. The Bertz CT molecular complexity index is 1080. The van der Waals surface area contributed by atoms with Crippen LogP contribution >= 0.6 is 0 Å². The van der Waals surface area contributed by atoms with Gasteiger partial charge in [0.2, 0.25) is 0 Å². The molecule has 5 rings (SSSR count). The zero-order valence-electron chi connectivity index (χ0n) is 18.5. The zero-order chi connectivity index (χ0) is 21.5. The summed E-state index contributed by atoms with van der Waals surface area (Å²) in [5.74, 6) is 3.80. The molecule has 5 heteroatoms. The quantitative estimate of drug-likeness (QED) is 0.653. The second-order valence-corrected chi connectivity index (χ2v) is 8.63. The fourth-order valence-corrected chi connectivity index (χ4v) is 4.16. The van der Waals surface area contributed by atoms with Gasteiger partial charge in [-0.05, 0) is 38.8 Å². The predicted molar refractivity (Wildman–Crippen MR) is 127 cm³/mol. The van der Waals surface area contributed by atoms with Crippen molar-refractivity contribution < 1.29 is 4.42 Å². The number of nitrogens with one attached hydrogen (secondary N) is 2. The van der Waals surface area contributed by atoms with E-state index in [0.29, 0.717) is 12.1 Å². The highest BCUT2D eigenvalue weighted by atomic mass is 16.3. The first-order valence-corrected chi connectivity index (χ1v) is 10.9. The third-order valence-electron chi connectivity index (χ3n) is 6.10. The summed E-state index contributed by atoms with van der Waals surface area (Å²) in [5, 5.41) is 6.83. The number of amidine groups is 2. The molecule has 158 valence electrons. The van der Waals surface area contributed by atoms with Crippen molar-refractivity contribution in [1.82, 2.24) is 10.6 Å². The fraction of sp³-hybridized carbons (Fsp3) is 0.308. The van der Waals surface area contributed by atoms with Crippen LogP contribution in [0.2, 0.25) is 0 Å². The number of furan rings is 1. The van der Waals surface area contributed by atoms with Gasteiger partial charge in [0.1, 0.15) is 23.2 Å². The Balaban J connectivity index is 1.41. The maximum atomic E-state index is 6.39. The van der Waals surface area contributed by atoms with Gasteiger partial charge in [-0.1, -0.05) is 48.5 Å². The van der Waals surface area contributed by atoms with E-state index >= 15 is 0 Å². The van der Waals surface area contributed by atoms with Crippen LogP contribution in [0.5, 0.6) is 0 Å². The van der Waals surface area contributed by atoms with Crippen molar-refractivity contribution in [3.05, 3.63) is 70.8 Å². The smallest absolute Gasteiger partial charge is 0.137 e. The number of hydrogen-bond donors (Lipinski definition) is 2. The van der Waals surface area contributed by atoms with E-state index in [2.05, 4.69) is 96.8 Å². The Morgan fingerprint density at radius 2 is 1.00 bits per heavy atom. The van der Waals surface area contributed by atoms with Crippen LogP contribution in [0.3, 0.4) is 0 Å². The fourth-order valence-electron chi connectivity index (χ4n) is 4.16. The van der Waals surface area contributed by atoms with Crippen molar-refractivity contribution in [3.8, 4) is 22.6 Å². The Kier molecular flexibility index (Phi) is 4.89. The molecule has 0 fully saturated rings. The topological polar surface area (TPSA) is 61.9 Å². The molecule has 0 radical (unpaired) electrons. The van der Waals surface area contributed by atoms with Crippen molar-refractivity contribution in [3.63, 3.8) is 0 Å². The minimum atomic E-state index is 0.401. The number of rotatable bonds is 4. The molecule has 2 atom stereocenters. The molecule has 2 unspecified atom stereocenters. The van der Waals surface area contributed by atoms with Crippen LogP contribution < -0.4 is 10.6 Å². The van der Waals surface area contributed by atoms with E-state index in [1.54, 1.807) is 0 Å². The van der Waals surface area contributed by atoms with Gasteiger partial charge in [0.15, 0.2) is 0 Å². The second kappa shape index (κ2) is 7.73. The molecular formula is C26H28N4O. The van der Waals surface area contributed by atoms with Crippen LogP contribution in [-0.4, -0.2) is 36.8 Å². The van der Waals surface area contributed by atoms with E-state index in [4.69, 9.17) is 4.42 Å². The Morgan fingerprint density at radius 3 is 1.32 bits per heavy atom.